The van der Waals surface area contributed by atoms with Gasteiger partial charge in [-0.2, -0.15) is 26.3 Å². The van der Waals surface area contributed by atoms with Crippen LogP contribution < -0.4 is 0 Å². The van der Waals surface area contributed by atoms with Crippen LogP contribution in [0.25, 0.3) is 0 Å². The molecule has 11 heteroatoms. The normalized spacial score (nSPS) is 25.5. The number of hydroxylamine groups is 2. The van der Waals surface area contributed by atoms with E-state index in [0.717, 1.165) is 0 Å². The third kappa shape index (κ3) is 2.53. The molecule has 0 aromatic rings. The number of carbonyl (C=O) groups excluding carboxylic acids is 1. The second-order valence-electron chi connectivity index (χ2n) is 4.30. The minimum absolute atomic E-state index is 0.0933. The van der Waals surface area contributed by atoms with Crippen LogP contribution in [0.15, 0.2) is 4.99 Å². The number of nitrogens with zero attached hydrogens (tertiary/aromatic N) is 2. The Hall–Kier alpha value is -1.52. The summed E-state index contributed by atoms with van der Waals surface area (Å²) in [4.78, 5) is 18.3. The van der Waals surface area contributed by atoms with Gasteiger partial charge in [0.25, 0.3) is 6.23 Å². The van der Waals surface area contributed by atoms with Gasteiger partial charge < -0.3 is 4.74 Å². The van der Waals surface area contributed by atoms with E-state index in [4.69, 9.17) is 0 Å². The van der Waals surface area contributed by atoms with Crippen LogP contribution in [0.4, 0.5) is 31.1 Å². The van der Waals surface area contributed by atoms with Crippen LogP contribution in [0, 0.1) is 0 Å². The molecule has 0 aromatic carbocycles. The minimum atomic E-state index is -4.87. The monoisotopic (exact) mass is 306 g/mol. The quantitative estimate of drug-likeness (QED) is 0.700. The van der Waals surface area contributed by atoms with Gasteiger partial charge in [-0.25, -0.2) is 14.6 Å². The molecule has 0 saturated heterocycles. The standard InChI is InChI=1S/C9H8F6N2O3/c10-8(11,12)5-16-4-17(20-5)6(18)19-7(2-1-3-7)9(13,14)15/h4-5H,1-3H2. The SMILES string of the molecule is O=C(OC1(C(F)(F)F)CCC1)N1C=NC(C(F)(F)F)O1. The molecule has 1 fully saturated rings. The molecule has 1 unspecified atom stereocenters. The van der Waals surface area contributed by atoms with Crippen molar-refractivity contribution in [3.8, 4) is 0 Å². The summed E-state index contributed by atoms with van der Waals surface area (Å²) in [6, 6.07) is 0. The largest absolute Gasteiger partial charge is 0.440 e. The van der Waals surface area contributed by atoms with Crippen molar-refractivity contribution in [3.05, 3.63) is 0 Å². The molecule has 1 heterocycles. The summed E-state index contributed by atoms with van der Waals surface area (Å²) in [6.07, 6.45) is -14.3. The lowest BCUT2D eigenvalue weighted by Crippen LogP contribution is -2.55. The molecule has 2 rings (SSSR count). The van der Waals surface area contributed by atoms with E-state index in [1.54, 1.807) is 0 Å². The van der Waals surface area contributed by atoms with Crippen molar-refractivity contribution in [2.75, 3.05) is 0 Å². The molecule has 1 atom stereocenters. The second kappa shape index (κ2) is 4.50. The molecule has 2 aliphatic rings. The highest BCUT2D eigenvalue weighted by Gasteiger charge is 2.62. The third-order valence-electron chi connectivity index (χ3n) is 2.94. The summed E-state index contributed by atoms with van der Waals surface area (Å²) in [6.45, 7) is 0. The minimum Gasteiger partial charge on any atom is -0.431 e. The number of hydrogen-bond donors (Lipinski definition) is 0. The fourth-order valence-electron chi connectivity index (χ4n) is 1.67. The molecular weight excluding hydrogens is 298 g/mol. The maximum absolute atomic E-state index is 12.7. The first-order chi connectivity index (χ1) is 9.05. The molecule has 1 aliphatic heterocycles. The summed E-state index contributed by atoms with van der Waals surface area (Å²) in [5, 5.41) is -0.0933. The smallest absolute Gasteiger partial charge is 0.431 e. The molecule has 0 N–H and O–H groups in total. The van der Waals surface area contributed by atoms with Gasteiger partial charge in [-0.1, -0.05) is 0 Å². The topological polar surface area (TPSA) is 51.1 Å². The van der Waals surface area contributed by atoms with Gasteiger partial charge in [-0.15, -0.1) is 5.06 Å². The summed E-state index contributed by atoms with van der Waals surface area (Å²) < 4.78 is 79.0. The lowest BCUT2D eigenvalue weighted by Gasteiger charge is -2.42. The van der Waals surface area contributed by atoms with Crippen LogP contribution in [-0.4, -0.2) is 41.7 Å². The van der Waals surface area contributed by atoms with Crippen molar-refractivity contribution in [3.63, 3.8) is 0 Å². The Morgan fingerprint density at radius 3 is 2.25 bits per heavy atom. The zero-order chi connectivity index (χ0) is 15.2. The maximum atomic E-state index is 12.7. The molecule has 0 spiro atoms. The Bertz CT molecular complexity index is 428. The Morgan fingerprint density at radius 2 is 1.90 bits per heavy atom. The molecule has 114 valence electrons. The predicted octanol–water partition coefficient (Wildman–Crippen LogP) is 2.77. The number of rotatable bonds is 1. The van der Waals surface area contributed by atoms with Gasteiger partial charge in [0, 0.05) is 0 Å². The van der Waals surface area contributed by atoms with E-state index in [9.17, 15) is 31.1 Å². The summed E-state index contributed by atoms with van der Waals surface area (Å²) in [5.41, 5.74) is -2.66. The number of carbonyl (C=O) groups is 1. The lowest BCUT2D eigenvalue weighted by atomic mass is 9.79. The molecule has 20 heavy (non-hydrogen) atoms. The van der Waals surface area contributed by atoms with Gasteiger partial charge >= 0.3 is 18.4 Å². The first-order valence-electron chi connectivity index (χ1n) is 5.41. The highest BCUT2D eigenvalue weighted by atomic mass is 19.4. The Kier molecular flexibility index (Phi) is 3.35. The van der Waals surface area contributed by atoms with Crippen LogP contribution >= 0.6 is 0 Å². The first kappa shape index (κ1) is 14.9. The molecule has 1 amide bonds. The van der Waals surface area contributed by atoms with Crippen molar-refractivity contribution in [2.24, 2.45) is 4.99 Å². The highest BCUT2D eigenvalue weighted by Crippen LogP contribution is 2.48. The van der Waals surface area contributed by atoms with Crippen molar-refractivity contribution in [1.29, 1.82) is 0 Å². The van der Waals surface area contributed by atoms with Crippen molar-refractivity contribution < 1.29 is 40.7 Å². The van der Waals surface area contributed by atoms with Crippen LogP contribution in [-0.2, 0) is 9.57 Å². The van der Waals surface area contributed by atoms with Gasteiger partial charge in [0.15, 0.2) is 0 Å². The Labute approximate surface area is 108 Å². The molecular formula is C9H8F6N2O3. The molecule has 5 nitrogen and oxygen atoms in total. The van der Waals surface area contributed by atoms with Crippen molar-refractivity contribution in [2.45, 2.75) is 43.4 Å². The number of halogens is 6. The average Bonchev–Trinajstić information content (AvgIpc) is 2.69. The molecule has 1 aliphatic carbocycles. The fourth-order valence-corrected chi connectivity index (χ4v) is 1.67. The summed E-state index contributed by atoms with van der Waals surface area (Å²) in [5.74, 6) is 0. The van der Waals surface area contributed by atoms with Crippen molar-refractivity contribution >= 4 is 12.4 Å². The number of hydrogen-bond acceptors (Lipinski definition) is 4. The molecule has 0 radical (unpaired) electrons. The van der Waals surface area contributed by atoms with Crippen LogP contribution in [0.3, 0.4) is 0 Å². The number of amides is 1. The van der Waals surface area contributed by atoms with Gasteiger partial charge in [-0.3, -0.25) is 0 Å². The predicted molar refractivity (Wildman–Crippen MR) is 50.4 cm³/mol. The molecule has 0 bridgehead atoms. The lowest BCUT2D eigenvalue weighted by molar-refractivity contribution is -0.296. The average molecular weight is 306 g/mol. The van der Waals surface area contributed by atoms with Crippen LogP contribution in [0.5, 0.6) is 0 Å². The fraction of sp³-hybridized carbons (Fsp3) is 0.778. The number of ether oxygens (including phenoxy) is 1. The van der Waals surface area contributed by atoms with E-state index in [1.807, 2.05) is 0 Å². The van der Waals surface area contributed by atoms with Gasteiger partial charge in [-0.05, 0) is 19.3 Å². The van der Waals surface area contributed by atoms with Gasteiger partial charge in [0.2, 0.25) is 5.60 Å². The zero-order valence-corrected chi connectivity index (χ0v) is 9.66. The molecule has 1 saturated carbocycles. The van der Waals surface area contributed by atoms with E-state index >= 15 is 0 Å². The second-order valence-corrected chi connectivity index (χ2v) is 4.30. The Morgan fingerprint density at radius 1 is 1.30 bits per heavy atom. The number of alkyl halides is 6. The van der Waals surface area contributed by atoms with Gasteiger partial charge in [0.1, 0.15) is 6.34 Å². The van der Waals surface area contributed by atoms with E-state index in [0.29, 0.717) is 6.34 Å². The third-order valence-corrected chi connectivity index (χ3v) is 2.94. The van der Waals surface area contributed by atoms with Gasteiger partial charge in [0.05, 0.1) is 0 Å². The highest BCUT2D eigenvalue weighted by molar-refractivity contribution is 5.82. The summed E-state index contributed by atoms with van der Waals surface area (Å²) >= 11 is 0. The van der Waals surface area contributed by atoms with E-state index in [-0.39, 0.29) is 11.5 Å². The van der Waals surface area contributed by atoms with E-state index in [2.05, 4.69) is 14.6 Å². The number of aliphatic imine (C=N–C) groups is 1. The van der Waals surface area contributed by atoms with Crippen molar-refractivity contribution in [1.82, 2.24) is 5.06 Å². The zero-order valence-electron chi connectivity index (χ0n) is 9.66. The molecule has 0 aromatic heterocycles. The van der Waals surface area contributed by atoms with E-state index in [1.165, 1.54) is 0 Å². The van der Waals surface area contributed by atoms with E-state index < -0.39 is 43.1 Å². The van der Waals surface area contributed by atoms with Crippen LogP contribution in [0.1, 0.15) is 19.3 Å². The summed E-state index contributed by atoms with van der Waals surface area (Å²) in [7, 11) is 0. The van der Waals surface area contributed by atoms with Crippen LogP contribution in [0.2, 0.25) is 0 Å². The maximum Gasteiger partial charge on any atom is 0.440 e. The Balaban J connectivity index is 1.99. The first-order valence-corrected chi connectivity index (χ1v) is 5.41.